The fourth-order valence-electron chi connectivity index (χ4n) is 3.47. The number of carbonyl (C=O) groups is 1. The van der Waals surface area contributed by atoms with Crippen LogP contribution in [-0.2, 0) is 0 Å². The summed E-state index contributed by atoms with van der Waals surface area (Å²) >= 11 is 0. The van der Waals surface area contributed by atoms with Gasteiger partial charge in [-0.15, -0.1) is 0 Å². The summed E-state index contributed by atoms with van der Waals surface area (Å²) in [6, 6.07) is 6.04. The number of amides is 1. The molecule has 5 nitrogen and oxygen atoms in total. The second kappa shape index (κ2) is 17.3. The lowest BCUT2D eigenvalue weighted by molar-refractivity contribution is 0.198. The van der Waals surface area contributed by atoms with Gasteiger partial charge in [0.2, 0.25) is 0 Å². The molecule has 0 bridgehead atoms. The molecule has 0 saturated heterocycles. The van der Waals surface area contributed by atoms with Gasteiger partial charge in [-0.3, -0.25) is 4.99 Å². The highest BCUT2D eigenvalue weighted by Gasteiger charge is 2.17. The summed E-state index contributed by atoms with van der Waals surface area (Å²) in [6.45, 7) is 14.2. The number of carbonyl (C=O) groups excluding carboxylic acids is 1. The molecule has 1 aromatic carbocycles. The number of ether oxygens (including phenoxy) is 1. The normalized spacial score (nSPS) is 13.3. The minimum Gasteiger partial charge on any atom is -0.407 e. The second-order valence-electron chi connectivity index (χ2n) is 7.89. The van der Waals surface area contributed by atoms with E-state index in [1.54, 1.807) is 12.1 Å². The Balaban J connectivity index is 2.51. The van der Waals surface area contributed by atoms with E-state index in [4.69, 9.17) is 9.73 Å². The first-order valence-corrected chi connectivity index (χ1v) is 12.0. The molecule has 1 unspecified atom stereocenters. The summed E-state index contributed by atoms with van der Waals surface area (Å²) in [6.07, 6.45) is 15.3. The molecule has 1 N–H and O–H groups in total. The van der Waals surface area contributed by atoms with E-state index in [1.165, 1.54) is 17.7 Å². The molecule has 0 fully saturated rings. The van der Waals surface area contributed by atoms with E-state index in [9.17, 15) is 9.18 Å². The van der Waals surface area contributed by atoms with E-state index in [0.29, 0.717) is 13.1 Å². The standard InChI is InChI=1S/C28H40FN3O2/c1-6-9-20-30-24(5)32(23(4)25(16-7-2)17-8-3)22-15-11-10-14-21-31-28(33)34-27-19-13-12-18-26(27)29/h6-9,12-13,16-19,23H,2,10-11,14-15,20-22H2,1,3-5H3,(H,31,33)/b9-6+,17-8-,25-16+,30-24?. The summed E-state index contributed by atoms with van der Waals surface area (Å²) in [5, 5.41) is 2.68. The van der Waals surface area contributed by atoms with Crippen molar-refractivity contribution in [3.8, 4) is 5.75 Å². The van der Waals surface area contributed by atoms with Gasteiger partial charge >= 0.3 is 6.09 Å². The highest BCUT2D eigenvalue weighted by molar-refractivity contribution is 5.80. The topological polar surface area (TPSA) is 53.9 Å². The summed E-state index contributed by atoms with van der Waals surface area (Å²) < 4.78 is 18.5. The van der Waals surface area contributed by atoms with Crippen molar-refractivity contribution < 1.29 is 13.9 Å². The number of hydrogen-bond acceptors (Lipinski definition) is 3. The molecule has 0 aliphatic rings. The maximum Gasteiger partial charge on any atom is 0.412 e. The van der Waals surface area contributed by atoms with Crippen LogP contribution in [0.25, 0.3) is 0 Å². The molecule has 0 spiro atoms. The number of amidine groups is 1. The zero-order valence-electron chi connectivity index (χ0n) is 21.1. The lowest BCUT2D eigenvalue weighted by Crippen LogP contribution is -2.39. The first-order chi connectivity index (χ1) is 16.4. The molecule has 0 radical (unpaired) electrons. The Kier molecular flexibility index (Phi) is 14.7. The maximum absolute atomic E-state index is 13.5. The largest absolute Gasteiger partial charge is 0.412 e. The Morgan fingerprint density at radius 1 is 1.21 bits per heavy atom. The SMILES string of the molecule is C=C/C=C(\C=C/C)C(C)N(CCCCCCNC(=O)Oc1ccccc1F)C(C)=NC/C=C/C. The van der Waals surface area contributed by atoms with Gasteiger partial charge in [-0.1, -0.05) is 68.0 Å². The molecule has 1 atom stereocenters. The van der Waals surface area contributed by atoms with Crippen LogP contribution in [0.3, 0.4) is 0 Å². The van der Waals surface area contributed by atoms with E-state index >= 15 is 0 Å². The number of aliphatic imine (C=N–C) groups is 1. The van der Waals surface area contributed by atoms with Crippen LogP contribution in [-0.4, -0.2) is 42.5 Å². The third kappa shape index (κ3) is 11.1. The molecular weight excluding hydrogens is 429 g/mol. The van der Waals surface area contributed by atoms with E-state index in [0.717, 1.165) is 38.1 Å². The molecular formula is C28H40FN3O2. The number of unbranched alkanes of at least 4 members (excludes halogenated alkanes) is 3. The molecule has 0 aromatic heterocycles. The highest BCUT2D eigenvalue weighted by Crippen LogP contribution is 2.16. The first-order valence-electron chi connectivity index (χ1n) is 12.0. The number of nitrogens with zero attached hydrogens (tertiary/aromatic N) is 2. The Labute approximate surface area is 204 Å². The van der Waals surface area contributed by atoms with Gasteiger partial charge < -0.3 is 15.0 Å². The van der Waals surface area contributed by atoms with Crippen LogP contribution in [0, 0.1) is 5.82 Å². The number of benzene rings is 1. The molecule has 1 rings (SSSR count). The Bertz CT molecular complexity index is 874. The molecule has 34 heavy (non-hydrogen) atoms. The number of allylic oxidation sites excluding steroid dienone is 4. The number of halogens is 1. The van der Waals surface area contributed by atoms with Gasteiger partial charge in [0, 0.05) is 13.1 Å². The van der Waals surface area contributed by atoms with E-state index in [2.05, 4.69) is 36.7 Å². The summed E-state index contributed by atoms with van der Waals surface area (Å²) in [5.74, 6) is 0.396. The van der Waals surface area contributed by atoms with E-state index in [-0.39, 0.29) is 11.8 Å². The van der Waals surface area contributed by atoms with Crippen LogP contribution in [0.15, 0.2) is 77.9 Å². The average molecular weight is 470 g/mol. The Hall–Kier alpha value is -3.15. The third-order valence-electron chi connectivity index (χ3n) is 5.33. The number of hydrogen-bond donors (Lipinski definition) is 1. The number of nitrogens with one attached hydrogen (secondary N) is 1. The first kappa shape index (κ1) is 28.9. The molecule has 186 valence electrons. The smallest absolute Gasteiger partial charge is 0.407 e. The van der Waals surface area contributed by atoms with Gasteiger partial charge in [-0.2, -0.15) is 0 Å². The van der Waals surface area contributed by atoms with Gasteiger partial charge in [-0.25, -0.2) is 9.18 Å². The fraction of sp³-hybridized carbons (Fsp3) is 0.429. The van der Waals surface area contributed by atoms with Gasteiger partial charge in [-0.05, 0) is 58.2 Å². The van der Waals surface area contributed by atoms with Gasteiger partial charge in [0.25, 0.3) is 0 Å². The van der Waals surface area contributed by atoms with Crippen molar-refractivity contribution in [1.82, 2.24) is 10.2 Å². The highest BCUT2D eigenvalue weighted by atomic mass is 19.1. The number of para-hydroxylation sites is 1. The summed E-state index contributed by atoms with van der Waals surface area (Å²) in [4.78, 5) is 18.9. The monoisotopic (exact) mass is 469 g/mol. The van der Waals surface area contributed by atoms with Crippen molar-refractivity contribution >= 4 is 11.9 Å². The number of rotatable bonds is 14. The minimum absolute atomic E-state index is 0.0662. The van der Waals surface area contributed by atoms with Crippen molar-refractivity contribution in [1.29, 1.82) is 0 Å². The fourth-order valence-corrected chi connectivity index (χ4v) is 3.47. The molecule has 0 aliphatic heterocycles. The lowest BCUT2D eigenvalue weighted by atomic mass is 10.0. The molecule has 1 amide bonds. The van der Waals surface area contributed by atoms with Crippen molar-refractivity contribution in [3.05, 3.63) is 78.7 Å². The van der Waals surface area contributed by atoms with Gasteiger partial charge in [0.05, 0.1) is 18.4 Å². The van der Waals surface area contributed by atoms with E-state index < -0.39 is 11.9 Å². The van der Waals surface area contributed by atoms with E-state index in [1.807, 2.05) is 44.2 Å². The predicted molar refractivity (Wildman–Crippen MR) is 141 cm³/mol. The zero-order chi connectivity index (χ0) is 25.2. The van der Waals surface area contributed by atoms with Gasteiger partial charge in [0.1, 0.15) is 0 Å². The second-order valence-corrected chi connectivity index (χ2v) is 7.89. The molecule has 1 aromatic rings. The van der Waals surface area contributed by atoms with Crippen molar-refractivity contribution in [2.75, 3.05) is 19.6 Å². The Morgan fingerprint density at radius 2 is 1.94 bits per heavy atom. The summed E-state index contributed by atoms with van der Waals surface area (Å²) in [7, 11) is 0. The minimum atomic E-state index is -0.636. The molecule has 6 heteroatoms. The Morgan fingerprint density at radius 3 is 2.62 bits per heavy atom. The van der Waals surface area contributed by atoms with Crippen LogP contribution in [0.4, 0.5) is 9.18 Å². The van der Waals surface area contributed by atoms with Crippen LogP contribution in [0.2, 0.25) is 0 Å². The van der Waals surface area contributed by atoms with Crippen molar-refractivity contribution in [3.63, 3.8) is 0 Å². The lowest BCUT2D eigenvalue weighted by Gasteiger charge is -2.32. The average Bonchev–Trinajstić information content (AvgIpc) is 2.82. The molecule has 0 aliphatic carbocycles. The predicted octanol–water partition coefficient (Wildman–Crippen LogP) is 6.85. The van der Waals surface area contributed by atoms with Crippen LogP contribution in [0.5, 0.6) is 5.75 Å². The van der Waals surface area contributed by atoms with Crippen LogP contribution >= 0.6 is 0 Å². The molecule has 0 heterocycles. The van der Waals surface area contributed by atoms with Crippen LogP contribution < -0.4 is 10.1 Å². The third-order valence-corrected chi connectivity index (χ3v) is 5.33. The summed E-state index contributed by atoms with van der Waals surface area (Å²) in [5.41, 5.74) is 1.19. The van der Waals surface area contributed by atoms with Crippen molar-refractivity contribution in [2.24, 2.45) is 4.99 Å². The quantitative estimate of drug-likeness (QED) is 0.107. The van der Waals surface area contributed by atoms with Crippen LogP contribution in [0.1, 0.15) is 53.4 Å². The van der Waals surface area contributed by atoms with Crippen molar-refractivity contribution in [2.45, 2.75) is 59.4 Å². The maximum atomic E-state index is 13.5. The molecule has 0 saturated carbocycles. The van der Waals surface area contributed by atoms with Gasteiger partial charge in [0.15, 0.2) is 11.6 Å². The zero-order valence-corrected chi connectivity index (χ0v) is 21.1.